The lowest BCUT2D eigenvalue weighted by Crippen LogP contribution is -2.39. The number of methoxy groups -OCH3 is 1. The maximum atomic E-state index is 12.2. The summed E-state index contributed by atoms with van der Waals surface area (Å²) in [7, 11) is 0.644. The SMILES string of the molecule is CCNC(=NCc1cccc(OC)c1)NCCS(=O)c1ccccc1. The van der Waals surface area contributed by atoms with Gasteiger partial charge >= 0.3 is 0 Å². The molecule has 0 saturated carbocycles. The molecule has 6 heteroatoms. The number of nitrogens with one attached hydrogen (secondary N) is 2. The molecule has 0 aliphatic heterocycles. The molecule has 5 nitrogen and oxygen atoms in total. The Labute approximate surface area is 152 Å². The zero-order valence-electron chi connectivity index (χ0n) is 14.7. The Balaban J connectivity index is 1.88. The molecule has 0 saturated heterocycles. The van der Waals surface area contributed by atoms with Gasteiger partial charge in [-0.25, -0.2) is 4.99 Å². The number of hydrogen-bond donors (Lipinski definition) is 2. The summed E-state index contributed by atoms with van der Waals surface area (Å²) in [5, 5.41) is 6.44. The molecule has 2 N–H and O–H groups in total. The van der Waals surface area contributed by atoms with Crippen LogP contribution in [0.2, 0.25) is 0 Å². The molecule has 0 aromatic heterocycles. The maximum absolute atomic E-state index is 12.2. The quantitative estimate of drug-likeness (QED) is 0.562. The first-order chi connectivity index (χ1) is 12.2. The van der Waals surface area contributed by atoms with E-state index in [1.807, 2.05) is 61.5 Å². The Hall–Kier alpha value is -2.34. The minimum atomic E-state index is -1.01. The van der Waals surface area contributed by atoms with Crippen LogP contribution in [0.4, 0.5) is 0 Å². The van der Waals surface area contributed by atoms with Gasteiger partial charge in [0.15, 0.2) is 5.96 Å². The number of nitrogens with zero attached hydrogens (tertiary/aromatic N) is 1. The van der Waals surface area contributed by atoms with Gasteiger partial charge in [-0.15, -0.1) is 0 Å². The first-order valence-electron chi connectivity index (χ1n) is 8.31. The van der Waals surface area contributed by atoms with Gasteiger partial charge in [0.05, 0.1) is 24.5 Å². The smallest absolute Gasteiger partial charge is 0.191 e. The molecular formula is C19H25N3O2S. The van der Waals surface area contributed by atoms with Gasteiger partial charge in [-0.05, 0) is 36.8 Å². The Morgan fingerprint density at radius 3 is 2.64 bits per heavy atom. The van der Waals surface area contributed by atoms with Crippen LogP contribution in [0.15, 0.2) is 64.5 Å². The molecule has 1 unspecified atom stereocenters. The Morgan fingerprint density at radius 1 is 1.12 bits per heavy atom. The average Bonchev–Trinajstić information content (AvgIpc) is 2.66. The van der Waals surface area contributed by atoms with E-state index < -0.39 is 10.8 Å². The van der Waals surface area contributed by atoms with E-state index in [9.17, 15) is 4.21 Å². The summed E-state index contributed by atoms with van der Waals surface area (Å²) >= 11 is 0. The minimum Gasteiger partial charge on any atom is -0.497 e. The van der Waals surface area contributed by atoms with Crippen LogP contribution in [0.1, 0.15) is 12.5 Å². The van der Waals surface area contributed by atoms with Gasteiger partial charge < -0.3 is 15.4 Å². The Kier molecular flexibility index (Phi) is 7.98. The zero-order chi connectivity index (χ0) is 17.9. The van der Waals surface area contributed by atoms with Crippen molar-refractivity contribution in [3.05, 3.63) is 60.2 Å². The topological polar surface area (TPSA) is 62.7 Å². The normalized spacial score (nSPS) is 12.5. The van der Waals surface area contributed by atoms with Gasteiger partial charge in [0, 0.05) is 23.7 Å². The molecule has 0 radical (unpaired) electrons. The van der Waals surface area contributed by atoms with Gasteiger partial charge in [0.25, 0.3) is 0 Å². The second-order valence-corrected chi connectivity index (χ2v) is 6.91. The minimum absolute atomic E-state index is 0.535. The molecule has 2 rings (SSSR count). The van der Waals surface area contributed by atoms with Crippen molar-refractivity contribution in [2.45, 2.75) is 18.4 Å². The fourth-order valence-corrected chi connectivity index (χ4v) is 3.22. The first kappa shape index (κ1) is 19.0. The van der Waals surface area contributed by atoms with E-state index in [1.165, 1.54) is 0 Å². The molecule has 2 aromatic carbocycles. The van der Waals surface area contributed by atoms with Crippen LogP contribution in [0, 0.1) is 0 Å². The van der Waals surface area contributed by atoms with Crippen molar-refractivity contribution in [3.8, 4) is 5.75 Å². The van der Waals surface area contributed by atoms with E-state index in [0.717, 1.165) is 28.7 Å². The van der Waals surface area contributed by atoms with E-state index in [4.69, 9.17) is 4.74 Å². The number of aliphatic imine (C=N–C) groups is 1. The van der Waals surface area contributed by atoms with Gasteiger partial charge in [0.1, 0.15) is 5.75 Å². The van der Waals surface area contributed by atoms with Crippen LogP contribution in [0.25, 0.3) is 0 Å². The Morgan fingerprint density at radius 2 is 1.92 bits per heavy atom. The van der Waals surface area contributed by atoms with E-state index in [2.05, 4.69) is 15.6 Å². The van der Waals surface area contributed by atoms with Crippen LogP contribution >= 0.6 is 0 Å². The monoisotopic (exact) mass is 359 g/mol. The van der Waals surface area contributed by atoms with Crippen molar-refractivity contribution < 1.29 is 8.95 Å². The van der Waals surface area contributed by atoms with Crippen molar-refractivity contribution >= 4 is 16.8 Å². The van der Waals surface area contributed by atoms with E-state index in [0.29, 0.717) is 18.8 Å². The number of hydrogen-bond acceptors (Lipinski definition) is 3. The van der Waals surface area contributed by atoms with Gasteiger partial charge in [-0.1, -0.05) is 30.3 Å². The second-order valence-electron chi connectivity index (χ2n) is 5.34. The lowest BCUT2D eigenvalue weighted by Gasteiger charge is -2.11. The molecule has 0 heterocycles. The average molecular weight is 359 g/mol. The standard InChI is InChI=1S/C19H25N3O2S/c1-3-20-19(22-15-16-8-7-9-17(14-16)24-2)21-12-13-25(23)18-10-5-4-6-11-18/h4-11,14H,3,12-13,15H2,1-2H3,(H2,20,21,22). The highest BCUT2D eigenvalue weighted by atomic mass is 32.2. The Bertz CT molecular complexity index is 705. The summed E-state index contributed by atoms with van der Waals surface area (Å²) in [5.74, 6) is 2.08. The molecule has 0 spiro atoms. The van der Waals surface area contributed by atoms with Gasteiger partial charge in [-0.3, -0.25) is 4.21 Å². The number of rotatable bonds is 8. The molecule has 0 fully saturated rings. The zero-order valence-corrected chi connectivity index (χ0v) is 15.5. The third-order valence-corrected chi connectivity index (χ3v) is 4.86. The molecule has 1 atom stereocenters. The molecule has 0 aliphatic carbocycles. The lowest BCUT2D eigenvalue weighted by atomic mass is 10.2. The largest absolute Gasteiger partial charge is 0.497 e. The summed E-state index contributed by atoms with van der Waals surface area (Å²) in [6.07, 6.45) is 0. The second kappa shape index (κ2) is 10.5. The predicted octanol–water partition coefficient (Wildman–Crippen LogP) is 2.56. The van der Waals surface area contributed by atoms with Crippen molar-refractivity contribution in [1.82, 2.24) is 10.6 Å². The van der Waals surface area contributed by atoms with Crippen LogP contribution in [-0.2, 0) is 17.3 Å². The third-order valence-electron chi connectivity index (χ3n) is 3.48. The van der Waals surface area contributed by atoms with Crippen molar-refractivity contribution in [1.29, 1.82) is 0 Å². The highest BCUT2D eigenvalue weighted by Crippen LogP contribution is 2.13. The van der Waals surface area contributed by atoms with Crippen LogP contribution in [0.3, 0.4) is 0 Å². The number of guanidine groups is 1. The van der Waals surface area contributed by atoms with Crippen molar-refractivity contribution in [2.75, 3.05) is 26.0 Å². The number of benzene rings is 2. The summed E-state index contributed by atoms with van der Waals surface area (Å²) in [6.45, 7) is 3.93. The van der Waals surface area contributed by atoms with E-state index in [1.54, 1.807) is 7.11 Å². The van der Waals surface area contributed by atoms with E-state index >= 15 is 0 Å². The van der Waals surface area contributed by atoms with Crippen LogP contribution < -0.4 is 15.4 Å². The van der Waals surface area contributed by atoms with E-state index in [-0.39, 0.29) is 0 Å². The predicted molar refractivity (Wildman–Crippen MR) is 104 cm³/mol. The fourth-order valence-electron chi connectivity index (χ4n) is 2.24. The third kappa shape index (κ3) is 6.58. The molecular weight excluding hydrogens is 334 g/mol. The van der Waals surface area contributed by atoms with Crippen LogP contribution in [0.5, 0.6) is 5.75 Å². The summed E-state index contributed by atoms with van der Waals surface area (Å²) in [4.78, 5) is 5.42. The maximum Gasteiger partial charge on any atom is 0.191 e. The molecule has 2 aromatic rings. The molecule has 0 bridgehead atoms. The fraction of sp³-hybridized carbons (Fsp3) is 0.316. The summed E-state index contributed by atoms with van der Waals surface area (Å²) < 4.78 is 17.5. The lowest BCUT2D eigenvalue weighted by molar-refractivity contribution is 0.414. The van der Waals surface area contributed by atoms with Gasteiger partial charge in [0.2, 0.25) is 0 Å². The molecule has 0 aliphatic rings. The molecule has 0 amide bonds. The van der Waals surface area contributed by atoms with Gasteiger partial charge in [-0.2, -0.15) is 0 Å². The first-order valence-corrected chi connectivity index (χ1v) is 9.63. The molecule has 134 valence electrons. The summed E-state index contributed by atoms with van der Waals surface area (Å²) in [5.41, 5.74) is 1.07. The van der Waals surface area contributed by atoms with Crippen molar-refractivity contribution in [3.63, 3.8) is 0 Å². The molecule has 25 heavy (non-hydrogen) atoms. The summed E-state index contributed by atoms with van der Waals surface area (Å²) in [6, 6.07) is 17.4. The highest BCUT2D eigenvalue weighted by molar-refractivity contribution is 7.85. The highest BCUT2D eigenvalue weighted by Gasteiger charge is 2.04. The van der Waals surface area contributed by atoms with Crippen molar-refractivity contribution in [2.24, 2.45) is 4.99 Å². The number of ether oxygens (including phenoxy) is 1. The van der Waals surface area contributed by atoms with Crippen LogP contribution in [-0.4, -0.2) is 36.1 Å².